The standard InChI is InChI=1S/C21H28ClN5O4S.ClH/c22-18-11-19-12(8-20(28)25-19)7-17(18)21(29)24-14-9-15-1-2-16(10-14)27(15)32(30,31)26-5-3-13(23)4-6-26;/h7,11,13-16H,1-6,8-10,23H2,(H,24,29)(H,25,28);1H/t14-,15-,16+;. The van der Waals surface area contributed by atoms with Gasteiger partial charge in [0, 0.05) is 42.9 Å². The Morgan fingerprint density at radius 2 is 1.76 bits per heavy atom. The molecule has 4 aliphatic rings. The second kappa shape index (κ2) is 9.31. The molecule has 3 atom stereocenters. The lowest BCUT2D eigenvalue weighted by Gasteiger charge is -2.41. The average molecular weight is 518 g/mol. The molecule has 2 bridgehead atoms. The van der Waals surface area contributed by atoms with E-state index in [1.807, 2.05) is 0 Å². The Kier molecular flexibility index (Phi) is 6.97. The minimum atomic E-state index is -3.53. The van der Waals surface area contributed by atoms with Gasteiger partial charge in [-0.25, -0.2) is 0 Å². The number of nitrogens with zero attached hydrogens (tertiary/aromatic N) is 2. The molecule has 33 heavy (non-hydrogen) atoms. The van der Waals surface area contributed by atoms with Gasteiger partial charge in [-0.3, -0.25) is 9.59 Å². The molecule has 0 spiro atoms. The van der Waals surface area contributed by atoms with E-state index in [2.05, 4.69) is 10.6 Å². The van der Waals surface area contributed by atoms with Crippen LogP contribution < -0.4 is 16.4 Å². The first-order valence-electron chi connectivity index (χ1n) is 11.2. The molecule has 4 aliphatic heterocycles. The summed E-state index contributed by atoms with van der Waals surface area (Å²) in [7, 11) is -3.53. The molecule has 1 aromatic carbocycles. The number of nitrogens with one attached hydrogen (secondary N) is 2. The Labute approximate surface area is 205 Å². The zero-order valence-corrected chi connectivity index (χ0v) is 20.5. The average Bonchev–Trinajstić information content (AvgIpc) is 3.23. The van der Waals surface area contributed by atoms with Crippen molar-refractivity contribution >= 4 is 51.7 Å². The summed E-state index contributed by atoms with van der Waals surface area (Å²) >= 11 is 6.30. The van der Waals surface area contributed by atoms with Crippen LogP contribution in [0.3, 0.4) is 0 Å². The fourth-order valence-corrected chi connectivity index (χ4v) is 7.88. The SMILES string of the molecule is Cl.NC1CCN(S(=O)(=O)N2[C@@H]3CC[C@H]2C[C@H](NC(=O)c2cc4c(cc2Cl)NC(=O)C4)C3)CC1. The minimum absolute atomic E-state index is 0. The lowest BCUT2D eigenvalue weighted by Crippen LogP contribution is -2.57. The summed E-state index contributed by atoms with van der Waals surface area (Å²) < 4.78 is 29.9. The van der Waals surface area contributed by atoms with Crippen LogP contribution in [0.2, 0.25) is 5.02 Å². The zero-order chi connectivity index (χ0) is 22.6. The molecule has 0 radical (unpaired) electrons. The van der Waals surface area contributed by atoms with Crippen molar-refractivity contribution in [2.75, 3.05) is 18.4 Å². The molecule has 12 heteroatoms. The topological polar surface area (TPSA) is 125 Å². The zero-order valence-electron chi connectivity index (χ0n) is 18.1. The number of amides is 2. The van der Waals surface area contributed by atoms with Gasteiger partial charge in [0.1, 0.15) is 0 Å². The van der Waals surface area contributed by atoms with Gasteiger partial charge in [0.15, 0.2) is 0 Å². The summed E-state index contributed by atoms with van der Waals surface area (Å²) in [6.07, 6.45) is 4.37. The van der Waals surface area contributed by atoms with E-state index in [-0.39, 0.29) is 59.8 Å². The molecule has 3 fully saturated rings. The number of anilines is 1. The maximum Gasteiger partial charge on any atom is 0.282 e. The van der Waals surface area contributed by atoms with E-state index >= 15 is 0 Å². The maximum absolute atomic E-state index is 13.3. The third-order valence-corrected chi connectivity index (χ3v) is 9.61. The van der Waals surface area contributed by atoms with Crippen LogP contribution in [-0.2, 0) is 21.4 Å². The van der Waals surface area contributed by atoms with Gasteiger partial charge < -0.3 is 16.4 Å². The molecule has 1 aromatic rings. The number of rotatable bonds is 4. The Morgan fingerprint density at radius 1 is 1.12 bits per heavy atom. The quantitative estimate of drug-likeness (QED) is 0.559. The Morgan fingerprint density at radius 3 is 2.39 bits per heavy atom. The van der Waals surface area contributed by atoms with Crippen molar-refractivity contribution in [2.45, 2.75) is 69.1 Å². The van der Waals surface area contributed by atoms with Crippen molar-refractivity contribution in [3.05, 3.63) is 28.3 Å². The summed E-state index contributed by atoms with van der Waals surface area (Å²) in [6.45, 7) is 0.932. The van der Waals surface area contributed by atoms with E-state index in [0.717, 1.165) is 18.4 Å². The molecule has 0 aromatic heterocycles. The van der Waals surface area contributed by atoms with Crippen molar-refractivity contribution < 1.29 is 18.0 Å². The molecular formula is C21H29Cl2N5O4S. The number of carbonyl (C=O) groups excluding carboxylic acids is 2. The van der Waals surface area contributed by atoms with Crippen molar-refractivity contribution in [1.82, 2.24) is 13.9 Å². The van der Waals surface area contributed by atoms with Crippen LogP contribution in [0, 0.1) is 0 Å². The number of carbonyl (C=O) groups is 2. The number of hydrogen-bond acceptors (Lipinski definition) is 5. The van der Waals surface area contributed by atoms with Crippen molar-refractivity contribution in [1.29, 1.82) is 0 Å². The van der Waals surface area contributed by atoms with Crippen LogP contribution in [0.15, 0.2) is 12.1 Å². The Balaban J connectivity index is 0.00000259. The van der Waals surface area contributed by atoms with Crippen LogP contribution in [-0.4, -0.2) is 66.1 Å². The van der Waals surface area contributed by atoms with E-state index < -0.39 is 10.2 Å². The summed E-state index contributed by atoms with van der Waals surface area (Å²) in [5.74, 6) is -0.405. The number of halogens is 2. The number of hydrogen-bond donors (Lipinski definition) is 3. The molecule has 4 heterocycles. The first-order chi connectivity index (χ1) is 15.2. The van der Waals surface area contributed by atoms with Gasteiger partial charge >= 0.3 is 0 Å². The largest absolute Gasteiger partial charge is 0.349 e. The second-order valence-corrected chi connectivity index (χ2v) is 11.6. The Bertz CT molecular complexity index is 1050. The molecule has 9 nitrogen and oxygen atoms in total. The van der Waals surface area contributed by atoms with Crippen LogP contribution in [0.5, 0.6) is 0 Å². The van der Waals surface area contributed by atoms with Gasteiger partial charge in [0.05, 0.1) is 17.0 Å². The molecule has 4 N–H and O–H groups in total. The molecule has 182 valence electrons. The fourth-order valence-electron chi connectivity index (χ4n) is 5.55. The van der Waals surface area contributed by atoms with Gasteiger partial charge in [0.2, 0.25) is 5.91 Å². The molecule has 5 rings (SSSR count). The van der Waals surface area contributed by atoms with Gasteiger partial charge in [0.25, 0.3) is 16.1 Å². The third kappa shape index (κ3) is 4.61. The number of nitrogens with two attached hydrogens (primary N) is 1. The smallest absolute Gasteiger partial charge is 0.282 e. The number of piperidine rings is 2. The van der Waals surface area contributed by atoms with Gasteiger partial charge in [-0.05, 0) is 56.2 Å². The minimum Gasteiger partial charge on any atom is -0.349 e. The highest BCUT2D eigenvalue weighted by atomic mass is 35.5. The van der Waals surface area contributed by atoms with Gasteiger partial charge in [-0.2, -0.15) is 17.0 Å². The summed E-state index contributed by atoms with van der Waals surface area (Å²) in [5.41, 5.74) is 7.68. The molecule has 2 amide bonds. The van der Waals surface area contributed by atoms with Crippen LogP contribution in [0.1, 0.15) is 54.4 Å². The number of benzene rings is 1. The highest BCUT2D eigenvalue weighted by Gasteiger charge is 2.49. The maximum atomic E-state index is 13.3. The van der Waals surface area contributed by atoms with Gasteiger partial charge in [-0.15, -0.1) is 12.4 Å². The summed E-state index contributed by atoms with van der Waals surface area (Å²) in [5, 5.41) is 6.07. The molecule has 0 aliphatic carbocycles. The highest BCUT2D eigenvalue weighted by molar-refractivity contribution is 7.86. The second-order valence-electron chi connectivity index (χ2n) is 9.32. The molecule has 0 unspecified atom stereocenters. The molecule has 0 saturated carbocycles. The van der Waals surface area contributed by atoms with E-state index in [9.17, 15) is 18.0 Å². The van der Waals surface area contributed by atoms with Crippen LogP contribution in [0.25, 0.3) is 0 Å². The third-order valence-electron chi connectivity index (χ3n) is 7.16. The Hall–Kier alpha value is -1.43. The van der Waals surface area contributed by atoms with Crippen molar-refractivity contribution in [3.8, 4) is 0 Å². The van der Waals surface area contributed by atoms with E-state index in [0.29, 0.717) is 50.0 Å². The predicted octanol–water partition coefficient (Wildman–Crippen LogP) is 1.65. The first kappa shape index (κ1) is 24.7. The summed E-state index contributed by atoms with van der Waals surface area (Å²) in [4.78, 5) is 24.6. The monoisotopic (exact) mass is 517 g/mol. The van der Waals surface area contributed by atoms with Crippen molar-refractivity contribution in [3.63, 3.8) is 0 Å². The molecular weight excluding hydrogens is 489 g/mol. The van der Waals surface area contributed by atoms with E-state index in [1.54, 1.807) is 20.7 Å². The van der Waals surface area contributed by atoms with Crippen LogP contribution in [0.4, 0.5) is 5.69 Å². The van der Waals surface area contributed by atoms with E-state index in [4.69, 9.17) is 17.3 Å². The highest BCUT2D eigenvalue weighted by Crippen LogP contribution is 2.39. The predicted molar refractivity (Wildman–Crippen MR) is 128 cm³/mol. The first-order valence-corrected chi connectivity index (χ1v) is 13.0. The van der Waals surface area contributed by atoms with Crippen LogP contribution >= 0.6 is 24.0 Å². The number of fused-ring (bicyclic) bond motifs is 3. The lowest BCUT2D eigenvalue weighted by molar-refractivity contribution is -0.115. The fraction of sp³-hybridized carbons (Fsp3) is 0.619. The van der Waals surface area contributed by atoms with Crippen molar-refractivity contribution in [2.24, 2.45) is 5.73 Å². The van der Waals surface area contributed by atoms with E-state index in [1.165, 1.54) is 0 Å². The normalized spacial score (nSPS) is 28.2. The summed E-state index contributed by atoms with van der Waals surface area (Å²) in [6, 6.07) is 3.00. The lowest BCUT2D eigenvalue weighted by atomic mass is 9.99. The van der Waals surface area contributed by atoms with Gasteiger partial charge in [-0.1, -0.05) is 11.6 Å². The molecule has 3 saturated heterocycles.